The fraction of sp³-hybridized carbons (Fsp3) is 0.647. The second kappa shape index (κ2) is 5.84. The lowest BCUT2D eigenvalue weighted by atomic mass is 9.84. The van der Waals surface area contributed by atoms with Crippen LogP contribution in [0.4, 0.5) is 0 Å². The van der Waals surface area contributed by atoms with Crippen molar-refractivity contribution in [3.05, 3.63) is 34.9 Å². The molecule has 3 N–H and O–H groups in total. The molecular formula is C17H26N2O. The molecule has 3 heteroatoms. The van der Waals surface area contributed by atoms with Gasteiger partial charge in [0.25, 0.3) is 0 Å². The second-order valence-corrected chi connectivity index (χ2v) is 6.50. The van der Waals surface area contributed by atoms with Gasteiger partial charge in [0, 0.05) is 6.61 Å². The number of aryl methyl sites for hydroxylation is 2. The molecule has 1 fully saturated rings. The topological polar surface area (TPSA) is 47.3 Å². The Kier molecular flexibility index (Phi) is 4.11. The Hall–Kier alpha value is -0.900. The molecule has 2 aliphatic rings. The predicted octanol–water partition coefficient (Wildman–Crippen LogP) is 2.51. The van der Waals surface area contributed by atoms with Crippen LogP contribution in [0.15, 0.2) is 18.2 Å². The van der Waals surface area contributed by atoms with Gasteiger partial charge in [-0.15, -0.1) is 0 Å². The Bertz CT molecular complexity index is 466. The van der Waals surface area contributed by atoms with Crippen LogP contribution in [-0.2, 0) is 24.0 Å². The maximum absolute atomic E-state index is 6.04. The molecule has 2 unspecified atom stereocenters. The van der Waals surface area contributed by atoms with Crippen LogP contribution in [0.1, 0.15) is 49.3 Å². The SMILES string of the molecule is CC1(C(Cc2ccc3c(c2)CCC3)NN)CCCCO1. The lowest BCUT2D eigenvalue weighted by Crippen LogP contribution is -2.55. The molecule has 1 aliphatic heterocycles. The maximum atomic E-state index is 6.04. The molecule has 3 nitrogen and oxygen atoms in total. The third kappa shape index (κ3) is 2.76. The van der Waals surface area contributed by atoms with E-state index < -0.39 is 0 Å². The van der Waals surface area contributed by atoms with Crippen LogP contribution < -0.4 is 11.3 Å². The molecule has 0 bridgehead atoms. The second-order valence-electron chi connectivity index (χ2n) is 6.50. The van der Waals surface area contributed by atoms with Gasteiger partial charge in [0.15, 0.2) is 0 Å². The Labute approximate surface area is 121 Å². The van der Waals surface area contributed by atoms with E-state index in [9.17, 15) is 0 Å². The van der Waals surface area contributed by atoms with E-state index in [-0.39, 0.29) is 11.6 Å². The van der Waals surface area contributed by atoms with Gasteiger partial charge >= 0.3 is 0 Å². The summed E-state index contributed by atoms with van der Waals surface area (Å²) < 4.78 is 6.04. The van der Waals surface area contributed by atoms with E-state index in [1.807, 2.05) is 0 Å². The smallest absolute Gasteiger partial charge is 0.0823 e. The number of nitrogens with two attached hydrogens (primary N) is 1. The third-order valence-corrected chi connectivity index (χ3v) is 5.04. The number of hydrogen-bond acceptors (Lipinski definition) is 3. The number of nitrogens with one attached hydrogen (secondary N) is 1. The van der Waals surface area contributed by atoms with Crippen molar-refractivity contribution in [2.24, 2.45) is 5.84 Å². The number of rotatable bonds is 4. The van der Waals surface area contributed by atoms with Gasteiger partial charge in [-0.1, -0.05) is 18.2 Å². The average molecular weight is 274 g/mol. The molecule has 1 aliphatic carbocycles. The number of ether oxygens (including phenoxy) is 1. The first-order valence-corrected chi connectivity index (χ1v) is 7.92. The minimum Gasteiger partial charge on any atom is -0.374 e. The van der Waals surface area contributed by atoms with Gasteiger partial charge in [-0.25, -0.2) is 0 Å². The molecule has 0 amide bonds. The number of fused-ring (bicyclic) bond motifs is 1. The fourth-order valence-electron chi connectivity index (χ4n) is 3.67. The van der Waals surface area contributed by atoms with Crippen molar-refractivity contribution in [2.75, 3.05) is 6.61 Å². The van der Waals surface area contributed by atoms with Crippen LogP contribution in [0.3, 0.4) is 0 Å². The van der Waals surface area contributed by atoms with Crippen LogP contribution >= 0.6 is 0 Å². The van der Waals surface area contributed by atoms with Gasteiger partial charge < -0.3 is 4.74 Å². The van der Waals surface area contributed by atoms with Crippen LogP contribution in [-0.4, -0.2) is 18.2 Å². The van der Waals surface area contributed by atoms with E-state index in [2.05, 4.69) is 30.5 Å². The third-order valence-electron chi connectivity index (χ3n) is 5.04. The highest BCUT2D eigenvalue weighted by Crippen LogP contribution is 2.30. The maximum Gasteiger partial charge on any atom is 0.0823 e. The summed E-state index contributed by atoms with van der Waals surface area (Å²) in [7, 11) is 0. The molecule has 0 aromatic heterocycles. The van der Waals surface area contributed by atoms with Crippen molar-refractivity contribution in [3.8, 4) is 0 Å². The molecule has 1 heterocycles. The molecule has 1 aromatic rings. The van der Waals surface area contributed by atoms with Crippen molar-refractivity contribution >= 4 is 0 Å². The Morgan fingerprint density at radius 1 is 1.25 bits per heavy atom. The van der Waals surface area contributed by atoms with Gasteiger partial charge in [0.2, 0.25) is 0 Å². The van der Waals surface area contributed by atoms with Crippen LogP contribution in [0.2, 0.25) is 0 Å². The van der Waals surface area contributed by atoms with Crippen LogP contribution in [0.25, 0.3) is 0 Å². The summed E-state index contributed by atoms with van der Waals surface area (Å²) >= 11 is 0. The quantitative estimate of drug-likeness (QED) is 0.655. The number of benzene rings is 1. The normalized spacial score (nSPS) is 27.3. The monoisotopic (exact) mass is 274 g/mol. The molecule has 3 rings (SSSR count). The summed E-state index contributed by atoms with van der Waals surface area (Å²) in [4.78, 5) is 0. The highest BCUT2D eigenvalue weighted by atomic mass is 16.5. The minimum atomic E-state index is -0.133. The Balaban J connectivity index is 1.74. The first kappa shape index (κ1) is 14.1. The summed E-state index contributed by atoms with van der Waals surface area (Å²) in [6.45, 7) is 3.06. The number of hydrazine groups is 1. The molecule has 1 saturated heterocycles. The van der Waals surface area contributed by atoms with Crippen molar-refractivity contribution in [1.82, 2.24) is 5.43 Å². The minimum absolute atomic E-state index is 0.133. The number of hydrogen-bond donors (Lipinski definition) is 2. The summed E-state index contributed by atoms with van der Waals surface area (Å²) in [5, 5.41) is 0. The van der Waals surface area contributed by atoms with Crippen molar-refractivity contribution in [2.45, 2.75) is 63.5 Å². The predicted molar refractivity (Wildman–Crippen MR) is 81.5 cm³/mol. The largest absolute Gasteiger partial charge is 0.374 e. The summed E-state index contributed by atoms with van der Waals surface area (Å²) in [5.74, 6) is 5.82. The highest BCUT2D eigenvalue weighted by Gasteiger charge is 2.36. The van der Waals surface area contributed by atoms with Crippen molar-refractivity contribution in [1.29, 1.82) is 0 Å². The molecule has 1 aromatic carbocycles. The molecule has 0 saturated carbocycles. The Morgan fingerprint density at radius 3 is 2.85 bits per heavy atom. The highest BCUT2D eigenvalue weighted by molar-refractivity contribution is 5.35. The van der Waals surface area contributed by atoms with E-state index in [1.165, 1.54) is 48.8 Å². The molecule has 0 radical (unpaired) electrons. The van der Waals surface area contributed by atoms with Crippen LogP contribution in [0, 0.1) is 0 Å². The summed E-state index contributed by atoms with van der Waals surface area (Å²) in [6.07, 6.45) is 8.22. The van der Waals surface area contributed by atoms with Crippen molar-refractivity contribution in [3.63, 3.8) is 0 Å². The van der Waals surface area contributed by atoms with E-state index in [0.29, 0.717) is 0 Å². The first-order valence-electron chi connectivity index (χ1n) is 7.92. The Morgan fingerprint density at radius 2 is 2.10 bits per heavy atom. The zero-order valence-corrected chi connectivity index (χ0v) is 12.5. The molecular weight excluding hydrogens is 248 g/mol. The first-order chi connectivity index (χ1) is 9.71. The van der Waals surface area contributed by atoms with Gasteiger partial charge in [0.05, 0.1) is 11.6 Å². The van der Waals surface area contributed by atoms with E-state index in [4.69, 9.17) is 10.6 Å². The molecule has 0 spiro atoms. The van der Waals surface area contributed by atoms with Gasteiger partial charge in [-0.2, -0.15) is 0 Å². The van der Waals surface area contributed by atoms with Crippen LogP contribution in [0.5, 0.6) is 0 Å². The van der Waals surface area contributed by atoms with Gasteiger partial charge in [0.1, 0.15) is 0 Å². The average Bonchev–Trinajstić information content (AvgIpc) is 2.93. The molecule has 2 atom stereocenters. The standard InChI is InChI=1S/C17H26N2O/c1-17(9-2-3-10-20-17)16(19-18)12-13-7-8-14-5-4-6-15(14)11-13/h7-8,11,16,19H,2-6,9-10,12,18H2,1H3. The van der Waals surface area contributed by atoms with E-state index in [0.717, 1.165) is 19.4 Å². The lowest BCUT2D eigenvalue weighted by molar-refractivity contribution is -0.0884. The summed E-state index contributed by atoms with van der Waals surface area (Å²) in [6, 6.07) is 7.12. The van der Waals surface area contributed by atoms with Gasteiger partial charge in [-0.3, -0.25) is 11.3 Å². The van der Waals surface area contributed by atoms with Gasteiger partial charge in [-0.05, 0) is 68.6 Å². The van der Waals surface area contributed by atoms with E-state index >= 15 is 0 Å². The molecule has 20 heavy (non-hydrogen) atoms. The van der Waals surface area contributed by atoms with E-state index in [1.54, 1.807) is 0 Å². The zero-order valence-electron chi connectivity index (χ0n) is 12.5. The summed E-state index contributed by atoms with van der Waals surface area (Å²) in [5.41, 5.74) is 7.32. The zero-order chi connectivity index (χ0) is 14.0. The lowest BCUT2D eigenvalue weighted by Gasteiger charge is -2.40. The fourth-order valence-corrected chi connectivity index (χ4v) is 3.67. The molecule has 110 valence electrons. The van der Waals surface area contributed by atoms with Crippen molar-refractivity contribution < 1.29 is 4.74 Å².